The fraction of sp³-hybridized carbons (Fsp3) is 0.0769. The monoisotopic (exact) mass is 523 g/mol. The molecule has 0 unspecified atom stereocenters. The number of benzene rings is 3. The number of H-pyrrole nitrogens is 1. The molecule has 0 saturated heterocycles. The van der Waals surface area contributed by atoms with Crippen LogP contribution >= 0.6 is 0 Å². The number of hydrogen-bond donors (Lipinski definition) is 2. The number of hydrazone groups is 1. The van der Waals surface area contributed by atoms with E-state index in [4.69, 9.17) is 9.47 Å². The summed E-state index contributed by atoms with van der Waals surface area (Å²) in [5.41, 5.74) is 3.25. The average Bonchev–Trinajstić information content (AvgIpc) is 2.92. The van der Waals surface area contributed by atoms with E-state index in [1.807, 2.05) is 6.07 Å². The molecule has 0 radical (unpaired) electrons. The maximum Gasteiger partial charge on any atom is 0.270 e. The molecule has 12 heteroatoms. The van der Waals surface area contributed by atoms with Gasteiger partial charge in [-0.15, -0.1) is 0 Å². The number of aromatic amines is 1. The topological polar surface area (TPSA) is 112 Å². The number of hydrogen-bond acceptors (Lipinski definition) is 7. The smallest absolute Gasteiger partial charge is 0.270 e. The summed E-state index contributed by atoms with van der Waals surface area (Å²) in [5.74, 6) is -7.47. The molecule has 0 bridgehead atoms. The van der Waals surface area contributed by atoms with Crippen molar-refractivity contribution in [1.82, 2.24) is 9.97 Å². The molecule has 0 aliphatic carbocycles. The van der Waals surface area contributed by atoms with Crippen LogP contribution in [0.4, 0.5) is 23.5 Å². The lowest BCUT2D eigenvalue weighted by atomic mass is 10.1. The van der Waals surface area contributed by atoms with Crippen molar-refractivity contribution < 1.29 is 27.0 Å². The van der Waals surface area contributed by atoms with Gasteiger partial charge in [-0.2, -0.15) is 19.1 Å². The van der Waals surface area contributed by atoms with Gasteiger partial charge in [0.25, 0.3) is 5.56 Å². The average molecular weight is 523 g/mol. The number of nitrogens with one attached hydrogen (secondary N) is 2. The summed E-state index contributed by atoms with van der Waals surface area (Å²) in [5, 5.41) is 13.4. The molecule has 2 N–H and O–H groups in total. The quantitative estimate of drug-likeness (QED) is 0.147. The van der Waals surface area contributed by atoms with Gasteiger partial charge < -0.3 is 9.47 Å². The lowest BCUT2D eigenvalue weighted by molar-refractivity contribution is 0.256. The van der Waals surface area contributed by atoms with Gasteiger partial charge in [-0.3, -0.25) is 9.78 Å². The number of nitriles is 1. The van der Waals surface area contributed by atoms with Crippen LogP contribution in [0.2, 0.25) is 0 Å². The second-order valence-electron chi connectivity index (χ2n) is 7.64. The molecular formula is C26H17F4N5O3. The molecule has 0 atom stereocenters. The van der Waals surface area contributed by atoms with Crippen molar-refractivity contribution >= 4 is 12.2 Å². The van der Waals surface area contributed by atoms with Gasteiger partial charge in [-0.1, -0.05) is 30.3 Å². The maximum absolute atomic E-state index is 13.9. The van der Waals surface area contributed by atoms with E-state index in [0.29, 0.717) is 11.1 Å². The zero-order chi connectivity index (χ0) is 27.2. The van der Waals surface area contributed by atoms with Gasteiger partial charge in [-0.05, 0) is 23.8 Å². The predicted octanol–water partition coefficient (Wildman–Crippen LogP) is 4.90. The van der Waals surface area contributed by atoms with Crippen LogP contribution in [-0.4, -0.2) is 23.3 Å². The molecule has 0 spiro atoms. The summed E-state index contributed by atoms with van der Waals surface area (Å²) >= 11 is 0. The zero-order valence-corrected chi connectivity index (χ0v) is 19.6. The van der Waals surface area contributed by atoms with Crippen LogP contribution in [0.1, 0.15) is 16.7 Å². The van der Waals surface area contributed by atoms with Crippen LogP contribution in [0, 0.1) is 34.6 Å². The molecule has 1 aromatic heterocycles. The minimum atomic E-state index is -1.66. The summed E-state index contributed by atoms with van der Waals surface area (Å²) < 4.78 is 65.0. The fourth-order valence-electron chi connectivity index (χ4n) is 3.42. The van der Waals surface area contributed by atoms with E-state index in [1.165, 1.54) is 25.5 Å². The molecule has 192 valence electrons. The third-order valence-electron chi connectivity index (χ3n) is 5.21. The first-order chi connectivity index (χ1) is 18.3. The van der Waals surface area contributed by atoms with Gasteiger partial charge in [0.1, 0.15) is 24.0 Å². The van der Waals surface area contributed by atoms with Crippen LogP contribution < -0.4 is 20.5 Å². The van der Waals surface area contributed by atoms with E-state index in [-0.39, 0.29) is 34.6 Å². The normalized spacial score (nSPS) is 10.8. The number of ether oxygens (including phenoxy) is 2. The highest BCUT2D eigenvalue weighted by Crippen LogP contribution is 2.29. The number of aromatic nitrogens is 2. The van der Waals surface area contributed by atoms with Crippen LogP contribution in [0.5, 0.6) is 11.5 Å². The Morgan fingerprint density at radius 2 is 1.79 bits per heavy atom. The zero-order valence-electron chi connectivity index (χ0n) is 19.6. The highest BCUT2D eigenvalue weighted by Gasteiger charge is 2.21. The van der Waals surface area contributed by atoms with Crippen molar-refractivity contribution in [2.75, 3.05) is 12.5 Å². The summed E-state index contributed by atoms with van der Waals surface area (Å²) in [6, 6.07) is 15.2. The summed E-state index contributed by atoms with van der Waals surface area (Å²) in [6.07, 6.45) is 1.34. The van der Waals surface area contributed by atoms with Crippen molar-refractivity contribution in [3.8, 4) is 28.8 Å². The first-order valence-electron chi connectivity index (χ1n) is 10.8. The van der Waals surface area contributed by atoms with Crippen LogP contribution in [0.3, 0.4) is 0 Å². The molecule has 0 saturated carbocycles. The van der Waals surface area contributed by atoms with E-state index in [0.717, 1.165) is 0 Å². The minimum absolute atomic E-state index is 0.0275. The molecule has 38 heavy (non-hydrogen) atoms. The Labute approximate surface area is 212 Å². The van der Waals surface area contributed by atoms with Crippen LogP contribution in [0.15, 0.2) is 64.5 Å². The number of nitrogens with zero attached hydrogens (tertiary/aromatic N) is 3. The molecule has 0 aliphatic heterocycles. The fourth-order valence-corrected chi connectivity index (χ4v) is 3.42. The van der Waals surface area contributed by atoms with E-state index in [9.17, 15) is 27.6 Å². The largest absolute Gasteiger partial charge is 0.496 e. The molecule has 3 aromatic carbocycles. The van der Waals surface area contributed by atoms with E-state index < -0.39 is 41.2 Å². The molecule has 8 nitrogen and oxygen atoms in total. The standard InChI is InChI=1S/C26H17F4N5O3/c1-37-20-8-7-14(9-16(20)13-38-24-21(29)18(27)10-19(28)22(24)30)12-32-35-26-33-23(15-5-3-2-4-6-15)17(11-31)25(36)34-26/h2-10,12H,13H2,1H3,(H2,33,34,35,36). The number of halogens is 4. The summed E-state index contributed by atoms with van der Waals surface area (Å²) in [6.45, 7) is -0.486. The van der Waals surface area contributed by atoms with E-state index in [1.54, 1.807) is 36.4 Å². The molecule has 0 amide bonds. The van der Waals surface area contributed by atoms with Crippen molar-refractivity contribution in [3.05, 3.63) is 105 Å². The van der Waals surface area contributed by atoms with Crippen molar-refractivity contribution in [2.45, 2.75) is 6.61 Å². The predicted molar refractivity (Wildman–Crippen MR) is 130 cm³/mol. The Balaban J connectivity index is 1.55. The van der Waals surface area contributed by atoms with Gasteiger partial charge in [0.15, 0.2) is 17.4 Å². The highest BCUT2D eigenvalue weighted by atomic mass is 19.2. The lowest BCUT2D eigenvalue weighted by Gasteiger charge is -2.12. The first-order valence-corrected chi connectivity index (χ1v) is 10.8. The molecule has 4 aromatic rings. The van der Waals surface area contributed by atoms with Crippen molar-refractivity contribution in [1.29, 1.82) is 5.26 Å². The van der Waals surface area contributed by atoms with Crippen molar-refractivity contribution in [3.63, 3.8) is 0 Å². The molecular weight excluding hydrogens is 506 g/mol. The second-order valence-corrected chi connectivity index (χ2v) is 7.64. The van der Waals surface area contributed by atoms with Gasteiger partial charge >= 0.3 is 0 Å². The number of anilines is 1. The number of methoxy groups -OCH3 is 1. The third kappa shape index (κ3) is 5.46. The van der Waals surface area contributed by atoms with Crippen molar-refractivity contribution in [2.24, 2.45) is 5.10 Å². The maximum atomic E-state index is 13.9. The Morgan fingerprint density at radius 1 is 1.08 bits per heavy atom. The van der Waals surface area contributed by atoms with Gasteiger partial charge in [0, 0.05) is 17.2 Å². The Kier molecular flexibility index (Phi) is 7.67. The summed E-state index contributed by atoms with van der Waals surface area (Å²) in [7, 11) is 1.36. The van der Waals surface area contributed by atoms with Gasteiger partial charge in [-0.25, -0.2) is 19.2 Å². The SMILES string of the molecule is COc1ccc(C=NNc2nc(-c3ccccc3)c(C#N)c(=O)[nH]2)cc1COc1c(F)c(F)cc(F)c1F. The third-order valence-corrected chi connectivity index (χ3v) is 5.21. The molecule has 0 aliphatic rings. The van der Waals surface area contributed by atoms with Crippen LogP contribution in [-0.2, 0) is 6.61 Å². The second kappa shape index (κ2) is 11.3. The van der Waals surface area contributed by atoms with E-state index in [2.05, 4.69) is 20.5 Å². The van der Waals surface area contributed by atoms with Gasteiger partial charge in [0.05, 0.1) is 19.0 Å². The number of rotatable bonds is 8. The Morgan fingerprint density at radius 3 is 2.45 bits per heavy atom. The lowest BCUT2D eigenvalue weighted by Crippen LogP contribution is -2.16. The molecule has 0 fully saturated rings. The Hall–Kier alpha value is -5.18. The molecule has 4 rings (SSSR count). The highest BCUT2D eigenvalue weighted by molar-refractivity contribution is 5.81. The Bertz CT molecular complexity index is 1590. The first kappa shape index (κ1) is 25.9. The summed E-state index contributed by atoms with van der Waals surface area (Å²) in [4.78, 5) is 19.0. The van der Waals surface area contributed by atoms with Crippen LogP contribution in [0.25, 0.3) is 11.3 Å². The van der Waals surface area contributed by atoms with Gasteiger partial charge in [0.2, 0.25) is 17.6 Å². The minimum Gasteiger partial charge on any atom is -0.496 e. The van der Waals surface area contributed by atoms with E-state index >= 15 is 0 Å². The molecule has 1 heterocycles.